The van der Waals surface area contributed by atoms with Crippen molar-refractivity contribution < 1.29 is 0 Å². The molecule has 2 aliphatic rings. The SMILES string of the molecule is CC.NCC1C2CN(Cc3ccccc3)CC12. The molecule has 2 heteroatoms. The standard InChI is InChI=1S/C13H18N2.C2H6/c14-6-11-12-8-15(9-13(11)12)7-10-4-2-1-3-5-10;1-2/h1-5,11-13H,6-9,14H2;1-2H3. The molecule has 0 spiro atoms. The van der Waals surface area contributed by atoms with E-state index in [-0.39, 0.29) is 0 Å². The van der Waals surface area contributed by atoms with Gasteiger partial charge in [-0.05, 0) is 29.9 Å². The third kappa shape index (κ3) is 2.70. The molecule has 1 aromatic carbocycles. The molecule has 1 heterocycles. The number of fused-ring (bicyclic) bond motifs is 1. The molecule has 17 heavy (non-hydrogen) atoms. The van der Waals surface area contributed by atoms with Gasteiger partial charge < -0.3 is 5.73 Å². The van der Waals surface area contributed by atoms with Gasteiger partial charge in [0.2, 0.25) is 0 Å². The molecule has 2 unspecified atom stereocenters. The molecule has 1 saturated carbocycles. The molecule has 1 aliphatic heterocycles. The lowest BCUT2D eigenvalue weighted by Crippen LogP contribution is -2.25. The van der Waals surface area contributed by atoms with Gasteiger partial charge in [-0.1, -0.05) is 44.2 Å². The largest absolute Gasteiger partial charge is 0.330 e. The van der Waals surface area contributed by atoms with Crippen molar-refractivity contribution in [2.45, 2.75) is 20.4 Å². The van der Waals surface area contributed by atoms with E-state index in [1.54, 1.807) is 0 Å². The van der Waals surface area contributed by atoms with Crippen molar-refractivity contribution in [3.63, 3.8) is 0 Å². The third-order valence-corrected chi connectivity index (χ3v) is 3.97. The summed E-state index contributed by atoms with van der Waals surface area (Å²) in [6.07, 6.45) is 0. The monoisotopic (exact) mass is 232 g/mol. The first-order valence-electron chi connectivity index (χ1n) is 6.85. The lowest BCUT2D eigenvalue weighted by atomic mass is 10.2. The molecule has 2 nitrogen and oxygen atoms in total. The first kappa shape index (κ1) is 12.6. The minimum atomic E-state index is 0.844. The van der Waals surface area contributed by atoms with E-state index >= 15 is 0 Å². The number of rotatable bonds is 3. The van der Waals surface area contributed by atoms with Gasteiger partial charge in [0.05, 0.1) is 0 Å². The number of hydrogen-bond donors (Lipinski definition) is 1. The zero-order valence-electron chi connectivity index (χ0n) is 11.0. The zero-order chi connectivity index (χ0) is 12.3. The van der Waals surface area contributed by atoms with Crippen LogP contribution in [0.2, 0.25) is 0 Å². The highest BCUT2D eigenvalue weighted by Crippen LogP contribution is 2.51. The Hall–Kier alpha value is -0.860. The predicted molar refractivity (Wildman–Crippen MR) is 72.6 cm³/mol. The van der Waals surface area contributed by atoms with Crippen LogP contribution in [0.1, 0.15) is 19.4 Å². The summed E-state index contributed by atoms with van der Waals surface area (Å²) in [5.74, 6) is 2.68. The summed E-state index contributed by atoms with van der Waals surface area (Å²) < 4.78 is 0. The van der Waals surface area contributed by atoms with Crippen molar-refractivity contribution in [1.82, 2.24) is 4.90 Å². The van der Waals surface area contributed by atoms with Gasteiger partial charge in [0, 0.05) is 19.6 Å². The van der Waals surface area contributed by atoms with E-state index in [9.17, 15) is 0 Å². The van der Waals surface area contributed by atoms with Crippen LogP contribution in [0.3, 0.4) is 0 Å². The topological polar surface area (TPSA) is 29.3 Å². The molecule has 2 atom stereocenters. The molecule has 0 radical (unpaired) electrons. The minimum Gasteiger partial charge on any atom is -0.330 e. The van der Waals surface area contributed by atoms with Crippen LogP contribution < -0.4 is 5.73 Å². The molecule has 0 aromatic heterocycles. The Morgan fingerprint density at radius 1 is 1.12 bits per heavy atom. The van der Waals surface area contributed by atoms with Crippen LogP contribution in [0, 0.1) is 17.8 Å². The molecule has 1 aromatic rings. The number of benzene rings is 1. The Balaban J connectivity index is 0.000000514. The summed E-state index contributed by atoms with van der Waals surface area (Å²) in [5, 5.41) is 0. The summed E-state index contributed by atoms with van der Waals surface area (Å²) in [7, 11) is 0. The van der Waals surface area contributed by atoms with Gasteiger partial charge in [0.15, 0.2) is 0 Å². The molecule has 1 aliphatic carbocycles. The second-order valence-electron chi connectivity index (χ2n) is 4.91. The van der Waals surface area contributed by atoms with Crippen molar-refractivity contribution in [2.75, 3.05) is 19.6 Å². The number of nitrogens with two attached hydrogens (primary N) is 1. The van der Waals surface area contributed by atoms with Gasteiger partial charge in [0.1, 0.15) is 0 Å². The summed E-state index contributed by atoms with van der Waals surface area (Å²) in [4.78, 5) is 2.57. The lowest BCUT2D eigenvalue weighted by Gasteiger charge is -2.18. The Kier molecular flexibility index (Phi) is 4.19. The molecule has 94 valence electrons. The van der Waals surface area contributed by atoms with Gasteiger partial charge in [-0.2, -0.15) is 0 Å². The van der Waals surface area contributed by atoms with E-state index in [1.165, 1.54) is 18.7 Å². The summed E-state index contributed by atoms with van der Waals surface area (Å²) >= 11 is 0. The first-order valence-corrected chi connectivity index (χ1v) is 6.85. The minimum absolute atomic E-state index is 0.844. The van der Waals surface area contributed by atoms with Crippen LogP contribution >= 0.6 is 0 Å². The second kappa shape index (κ2) is 5.65. The van der Waals surface area contributed by atoms with Crippen molar-refractivity contribution in [3.05, 3.63) is 35.9 Å². The second-order valence-corrected chi connectivity index (χ2v) is 4.91. The maximum Gasteiger partial charge on any atom is 0.0233 e. The van der Waals surface area contributed by atoms with Crippen LogP contribution in [0.15, 0.2) is 30.3 Å². The van der Waals surface area contributed by atoms with Crippen LogP contribution in [-0.2, 0) is 6.54 Å². The highest BCUT2D eigenvalue weighted by molar-refractivity contribution is 5.16. The Morgan fingerprint density at radius 3 is 2.24 bits per heavy atom. The van der Waals surface area contributed by atoms with Gasteiger partial charge in [-0.15, -0.1) is 0 Å². The van der Waals surface area contributed by atoms with E-state index in [4.69, 9.17) is 5.73 Å². The van der Waals surface area contributed by atoms with Crippen molar-refractivity contribution in [2.24, 2.45) is 23.5 Å². The first-order chi connectivity index (χ1) is 8.38. The highest BCUT2D eigenvalue weighted by atomic mass is 15.2. The van der Waals surface area contributed by atoms with E-state index in [0.717, 1.165) is 30.8 Å². The molecular formula is C15H24N2. The number of likely N-dealkylation sites (tertiary alicyclic amines) is 1. The number of hydrogen-bond acceptors (Lipinski definition) is 2. The highest BCUT2D eigenvalue weighted by Gasteiger charge is 2.54. The fraction of sp³-hybridized carbons (Fsp3) is 0.600. The molecule has 2 fully saturated rings. The Morgan fingerprint density at radius 2 is 1.71 bits per heavy atom. The quantitative estimate of drug-likeness (QED) is 0.867. The average molecular weight is 232 g/mol. The smallest absolute Gasteiger partial charge is 0.0233 e. The molecule has 2 N–H and O–H groups in total. The lowest BCUT2D eigenvalue weighted by molar-refractivity contribution is 0.279. The van der Waals surface area contributed by atoms with Gasteiger partial charge in [-0.3, -0.25) is 4.90 Å². The number of piperidine rings is 1. The van der Waals surface area contributed by atoms with Crippen molar-refractivity contribution in [1.29, 1.82) is 0 Å². The molecule has 3 rings (SSSR count). The van der Waals surface area contributed by atoms with E-state index in [0.29, 0.717) is 0 Å². The summed E-state index contributed by atoms with van der Waals surface area (Å²) in [6, 6.07) is 10.7. The van der Waals surface area contributed by atoms with Crippen LogP contribution in [0.4, 0.5) is 0 Å². The molecule has 0 bridgehead atoms. The third-order valence-electron chi connectivity index (χ3n) is 3.97. The Bertz CT molecular complexity index is 324. The normalized spacial score (nSPS) is 30.4. The predicted octanol–water partition coefficient (Wildman–Crippen LogP) is 2.35. The molecule has 1 saturated heterocycles. The van der Waals surface area contributed by atoms with E-state index < -0.39 is 0 Å². The van der Waals surface area contributed by atoms with Gasteiger partial charge in [-0.25, -0.2) is 0 Å². The summed E-state index contributed by atoms with van der Waals surface area (Å²) in [6.45, 7) is 8.54. The molecule has 0 amide bonds. The van der Waals surface area contributed by atoms with E-state index in [1.807, 2.05) is 13.8 Å². The van der Waals surface area contributed by atoms with Crippen LogP contribution in [0.25, 0.3) is 0 Å². The fourth-order valence-electron chi connectivity index (χ4n) is 3.06. The van der Waals surface area contributed by atoms with Crippen LogP contribution in [-0.4, -0.2) is 24.5 Å². The molecular weight excluding hydrogens is 208 g/mol. The van der Waals surface area contributed by atoms with Gasteiger partial charge in [0.25, 0.3) is 0 Å². The van der Waals surface area contributed by atoms with Crippen molar-refractivity contribution in [3.8, 4) is 0 Å². The average Bonchev–Trinajstić information content (AvgIpc) is 2.87. The van der Waals surface area contributed by atoms with E-state index in [2.05, 4.69) is 35.2 Å². The maximum atomic E-state index is 5.70. The zero-order valence-corrected chi connectivity index (χ0v) is 11.0. The summed E-state index contributed by atoms with van der Waals surface area (Å²) in [5.41, 5.74) is 7.14. The van der Waals surface area contributed by atoms with Crippen molar-refractivity contribution >= 4 is 0 Å². The Labute approximate surface area is 105 Å². The fourth-order valence-corrected chi connectivity index (χ4v) is 3.06. The van der Waals surface area contributed by atoms with Gasteiger partial charge >= 0.3 is 0 Å². The maximum absolute atomic E-state index is 5.70. The number of nitrogens with zero attached hydrogens (tertiary/aromatic N) is 1. The van der Waals surface area contributed by atoms with Crippen LogP contribution in [0.5, 0.6) is 0 Å².